The van der Waals surface area contributed by atoms with Gasteiger partial charge >= 0.3 is 0 Å². The molecule has 0 spiro atoms. The lowest BCUT2D eigenvalue weighted by molar-refractivity contribution is 0.222. The monoisotopic (exact) mass is 662 g/mol. The molecule has 2 atom stereocenters. The number of nitroso groups, excluding NO2 is 1. The quantitative estimate of drug-likeness (QED) is 0.111. The highest BCUT2D eigenvalue weighted by Crippen LogP contribution is 2.43. The van der Waals surface area contributed by atoms with E-state index in [9.17, 15) is 31.7 Å². The fourth-order valence-corrected chi connectivity index (χ4v) is 9.83. The Hall–Kier alpha value is -3.08. The van der Waals surface area contributed by atoms with Gasteiger partial charge in [0.05, 0.1) is 15.5 Å². The standard InChI is InChI=1S/C29H36N5O7S3/c1-18-13-19(2)17-34(16-18)44(40,41)22-6-8-24-26(15-22)28(32-37)25-14-21(5-7-23(25)27(24)31-36)43(38,39)33-11-9-20(10-12-33)30-29(35)42(3)4/h5-8,14-15,18-20,31,36H,3-4,9-13,16-17H2,1-2H3,(H,30,35)/q-1/t18-,19+. The number of carbonyl (C=O) groups excluding carboxylic acids is 1. The van der Waals surface area contributed by atoms with Gasteiger partial charge in [0.15, 0.2) is 0 Å². The van der Waals surface area contributed by atoms with Gasteiger partial charge in [-0.25, -0.2) is 28.6 Å². The van der Waals surface area contributed by atoms with Crippen LogP contribution in [0.2, 0.25) is 0 Å². The molecule has 0 saturated carbocycles. The summed E-state index contributed by atoms with van der Waals surface area (Å²) in [6.45, 7) is 5.10. The molecule has 12 nitrogen and oxygen atoms in total. The van der Waals surface area contributed by atoms with E-state index < -0.39 is 30.1 Å². The number of amides is 1. The summed E-state index contributed by atoms with van der Waals surface area (Å²) in [5.74, 6) is 7.64. The van der Waals surface area contributed by atoms with E-state index in [1.54, 1.807) is 0 Å². The topological polar surface area (TPSA) is 166 Å². The van der Waals surface area contributed by atoms with E-state index in [0.29, 0.717) is 36.7 Å². The predicted octanol–water partition coefficient (Wildman–Crippen LogP) is 4.20. The van der Waals surface area contributed by atoms with Crippen LogP contribution in [-0.4, -0.2) is 79.9 Å². The molecule has 3 N–H and O–H groups in total. The summed E-state index contributed by atoms with van der Waals surface area (Å²) in [6, 6.07) is 8.29. The van der Waals surface area contributed by atoms with Crippen LogP contribution in [0.15, 0.2) is 51.4 Å². The van der Waals surface area contributed by atoms with Crippen LogP contribution in [0.1, 0.15) is 33.1 Å². The fraction of sp³-hybridized carbons (Fsp3) is 0.414. The van der Waals surface area contributed by atoms with Gasteiger partial charge in [0.1, 0.15) is 10.9 Å². The van der Waals surface area contributed by atoms with Crippen molar-refractivity contribution >= 4 is 80.0 Å². The Labute approximate surface area is 259 Å². The van der Waals surface area contributed by atoms with E-state index in [4.69, 9.17) is 0 Å². The van der Waals surface area contributed by atoms with Gasteiger partial charge in [0.25, 0.3) is 0 Å². The first kappa shape index (κ1) is 32.3. The molecular weight excluding hydrogens is 627 g/mol. The number of benzene rings is 3. The molecule has 0 bridgehead atoms. The molecule has 15 heteroatoms. The van der Waals surface area contributed by atoms with Crippen LogP contribution < -0.4 is 10.8 Å². The number of rotatable bonds is 7. The van der Waals surface area contributed by atoms with Crippen LogP contribution in [0.3, 0.4) is 0 Å². The molecule has 0 aromatic heterocycles. The summed E-state index contributed by atoms with van der Waals surface area (Å²) >= 11 is 0. The Balaban J connectivity index is 1.55. The van der Waals surface area contributed by atoms with Crippen molar-refractivity contribution in [2.45, 2.75) is 48.9 Å². The molecule has 2 saturated heterocycles. The summed E-state index contributed by atoms with van der Waals surface area (Å²) in [7, 11) is -8.85. The van der Waals surface area contributed by atoms with Crippen molar-refractivity contribution in [2.24, 2.45) is 17.0 Å². The Kier molecular flexibility index (Phi) is 9.08. The van der Waals surface area contributed by atoms with Gasteiger partial charge in [-0.15, -0.1) is 4.91 Å². The summed E-state index contributed by atoms with van der Waals surface area (Å²) in [6.07, 6.45) is 1.74. The van der Waals surface area contributed by atoms with Crippen molar-refractivity contribution in [2.75, 3.05) is 31.7 Å². The highest BCUT2D eigenvalue weighted by molar-refractivity contribution is 8.05. The number of nitrogens with one attached hydrogen (secondary N) is 2. The van der Waals surface area contributed by atoms with Crippen LogP contribution in [0.25, 0.3) is 21.5 Å². The highest BCUT2D eigenvalue weighted by Gasteiger charge is 2.33. The second-order valence-electron chi connectivity index (χ2n) is 11.7. The van der Waals surface area contributed by atoms with E-state index in [-0.39, 0.29) is 68.1 Å². The van der Waals surface area contributed by atoms with Gasteiger partial charge in [0, 0.05) is 53.8 Å². The SMILES string of the molecule is C=[S-](=C)C(=O)NC1CCN(S(=O)(=O)c2ccc3c(NO)c4ccc(S(=O)(=O)N5C[C@H](C)C[C@H](C)C5)cc4c(N=O)c3c2)CC1. The normalized spacial score (nSPS) is 21.1. The molecule has 0 aliphatic carbocycles. The first-order chi connectivity index (χ1) is 20.8. The van der Waals surface area contributed by atoms with Crippen LogP contribution in [0.5, 0.6) is 0 Å². The maximum atomic E-state index is 13.7. The minimum Gasteiger partial charge on any atom is -0.402 e. The number of anilines is 1. The Morgan fingerprint density at radius 1 is 0.886 bits per heavy atom. The fourth-order valence-electron chi connectivity index (χ4n) is 6.30. The molecule has 2 aliphatic heterocycles. The largest absolute Gasteiger partial charge is 0.402 e. The molecule has 0 radical (unpaired) electrons. The molecule has 0 unspecified atom stereocenters. The Morgan fingerprint density at radius 2 is 1.39 bits per heavy atom. The maximum Gasteiger partial charge on any atom is 0.243 e. The molecule has 2 fully saturated rings. The summed E-state index contributed by atoms with van der Waals surface area (Å²) in [5, 5.41) is 16.9. The van der Waals surface area contributed by atoms with Crippen LogP contribution in [0.4, 0.5) is 16.2 Å². The van der Waals surface area contributed by atoms with Gasteiger partial charge in [-0.2, -0.15) is 8.61 Å². The number of carbonyl (C=O) groups is 1. The molecular formula is C29H36N5O7S3-. The minimum atomic E-state index is -4.01. The van der Waals surface area contributed by atoms with E-state index in [1.807, 2.05) is 13.8 Å². The number of nitrogens with zero attached hydrogens (tertiary/aromatic N) is 3. The van der Waals surface area contributed by atoms with Crippen LogP contribution in [0, 0.1) is 16.7 Å². The highest BCUT2D eigenvalue weighted by atomic mass is 32.2. The molecule has 2 aliphatic rings. The molecule has 238 valence electrons. The minimum absolute atomic E-state index is 0.0252. The van der Waals surface area contributed by atoms with E-state index in [0.717, 1.165) is 6.42 Å². The third-order valence-electron chi connectivity index (χ3n) is 8.38. The number of sulfonamides is 2. The van der Waals surface area contributed by atoms with Gasteiger partial charge in [0.2, 0.25) is 20.0 Å². The molecule has 2 heterocycles. The third-order valence-corrected chi connectivity index (χ3v) is 12.7. The molecule has 5 rings (SSSR count). The van der Waals surface area contributed by atoms with Crippen molar-refractivity contribution in [1.29, 1.82) is 0 Å². The second-order valence-corrected chi connectivity index (χ2v) is 16.9. The van der Waals surface area contributed by atoms with Gasteiger partial charge in [-0.1, -0.05) is 26.0 Å². The van der Waals surface area contributed by atoms with Crippen LogP contribution >= 0.6 is 0 Å². The van der Waals surface area contributed by atoms with Crippen molar-refractivity contribution in [3.05, 3.63) is 41.3 Å². The first-order valence-corrected chi connectivity index (χ1v) is 18.6. The van der Waals surface area contributed by atoms with Crippen molar-refractivity contribution < 1.29 is 26.8 Å². The molecule has 1 amide bonds. The lowest BCUT2D eigenvalue weighted by atomic mass is 9.94. The zero-order valence-corrected chi connectivity index (χ0v) is 27.0. The number of hydrogen-bond donors (Lipinski definition) is 3. The summed E-state index contributed by atoms with van der Waals surface area (Å²) < 4.78 is 57.4. The molecule has 3 aromatic rings. The van der Waals surface area contributed by atoms with Crippen molar-refractivity contribution in [3.8, 4) is 0 Å². The smallest absolute Gasteiger partial charge is 0.243 e. The summed E-state index contributed by atoms with van der Waals surface area (Å²) in [4.78, 5) is 24.2. The number of hydrogen-bond acceptors (Lipinski definition) is 10. The van der Waals surface area contributed by atoms with Gasteiger partial charge in [-0.05, 0) is 60.5 Å². The van der Waals surface area contributed by atoms with Gasteiger partial charge < -0.3 is 20.2 Å². The number of piperidine rings is 2. The van der Waals surface area contributed by atoms with Crippen LogP contribution in [-0.2, 0) is 30.1 Å². The lowest BCUT2D eigenvalue weighted by Gasteiger charge is -2.34. The third kappa shape index (κ3) is 5.96. The zero-order chi connectivity index (χ0) is 32.0. The predicted molar refractivity (Wildman–Crippen MR) is 176 cm³/mol. The average Bonchev–Trinajstić information content (AvgIpc) is 2.98. The molecule has 44 heavy (non-hydrogen) atoms. The van der Waals surface area contributed by atoms with E-state index >= 15 is 0 Å². The zero-order valence-electron chi connectivity index (χ0n) is 24.5. The Morgan fingerprint density at radius 3 is 1.84 bits per heavy atom. The number of fused-ring (bicyclic) bond motifs is 2. The van der Waals surface area contributed by atoms with E-state index in [2.05, 4.69) is 27.7 Å². The lowest BCUT2D eigenvalue weighted by Crippen LogP contribution is -2.46. The first-order valence-electron chi connectivity index (χ1n) is 14.2. The average molecular weight is 663 g/mol. The second kappa shape index (κ2) is 12.4. The van der Waals surface area contributed by atoms with E-state index in [1.165, 1.54) is 45.0 Å². The summed E-state index contributed by atoms with van der Waals surface area (Å²) in [5.41, 5.74) is 2.19. The maximum absolute atomic E-state index is 13.7. The van der Waals surface area contributed by atoms with Gasteiger partial charge in [-0.3, -0.25) is 10.7 Å². The van der Waals surface area contributed by atoms with Crippen molar-refractivity contribution in [1.82, 2.24) is 13.9 Å². The van der Waals surface area contributed by atoms with Crippen molar-refractivity contribution in [3.63, 3.8) is 0 Å². The Bertz CT molecular complexity index is 1920. The molecule has 3 aromatic carbocycles.